The Kier molecular flexibility index (Phi) is 5.85. The Balaban J connectivity index is 2.07. The van der Waals surface area contributed by atoms with E-state index in [1.54, 1.807) is 11.6 Å². The van der Waals surface area contributed by atoms with Crippen LogP contribution in [0.4, 0.5) is 0 Å². The van der Waals surface area contributed by atoms with E-state index in [-0.39, 0.29) is 12.1 Å². The molecule has 1 fully saturated rings. The quantitative estimate of drug-likeness (QED) is 0.755. The maximum absolute atomic E-state index is 11.2. The normalized spacial score (nSPS) is 25.0. The van der Waals surface area contributed by atoms with Crippen molar-refractivity contribution >= 4 is 5.97 Å². The molecule has 2 aliphatic carbocycles. The molecule has 0 saturated heterocycles. The van der Waals surface area contributed by atoms with Crippen LogP contribution in [0.2, 0.25) is 0 Å². The van der Waals surface area contributed by atoms with Crippen molar-refractivity contribution in [2.24, 2.45) is 0 Å². The summed E-state index contributed by atoms with van der Waals surface area (Å²) >= 11 is 0. The standard InChI is InChI=1S/C17H27NO3/c1-3-10-21-16-11-13(17(19)20)8-9-15(16)18-14(4-2)12-6-5-7-12/h11,15-16,18H,3-10H2,1-2H3,(H,19,20)/t15?,16-/m1/s1. The third kappa shape index (κ3) is 4.10. The molecule has 0 aliphatic heterocycles. The van der Waals surface area contributed by atoms with Crippen LogP contribution in [-0.4, -0.2) is 29.8 Å². The van der Waals surface area contributed by atoms with Gasteiger partial charge < -0.3 is 15.2 Å². The number of rotatable bonds is 7. The molecule has 0 amide bonds. The Hall–Kier alpha value is -1.29. The largest absolute Gasteiger partial charge is 0.478 e. The molecule has 2 atom stereocenters. The minimum atomic E-state index is -0.813. The van der Waals surface area contributed by atoms with E-state index in [1.807, 2.05) is 0 Å². The molecule has 0 aromatic carbocycles. The first-order valence-corrected chi connectivity index (χ1v) is 8.18. The number of carboxylic acid groups (broad SMARTS) is 1. The van der Waals surface area contributed by atoms with Gasteiger partial charge in [-0.3, -0.25) is 0 Å². The average molecular weight is 293 g/mol. The topological polar surface area (TPSA) is 58.6 Å². The molecule has 0 radical (unpaired) electrons. The highest BCUT2D eigenvalue weighted by atomic mass is 16.5. The van der Waals surface area contributed by atoms with E-state index in [0.717, 1.165) is 19.3 Å². The van der Waals surface area contributed by atoms with Crippen molar-refractivity contribution in [3.63, 3.8) is 0 Å². The van der Waals surface area contributed by atoms with E-state index in [9.17, 15) is 9.90 Å². The van der Waals surface area contributed by atoms with Crippen LogP contribution in [0.25, 0.3) is 0 Å². The first kappa shape index (κ1) is 16.1. The molecule has 1 saturated carbocycles. The summed E-state index contributed by atoms with van der Waals surface area (Å²) in [5, 5.41) is 12.8. The van der Waals surface area contributed by atoms with Gasteiger partial charge in [0.05, 0.1) is 12.1 Å². The summed E-state index contributed by atoms with van der Waals surface area (Å²) in [4.78, 5) is 11.2. The number of ether oxygens (including phenoxy) is 1. The van der Waals surface area contributed by atoms with Gasteiger partial charge in [-0.25, -0.2) is 4.79 Å². The van der Waals surface area contributed by atoms with Crippen LogP contribution in [-0.2, 0) is 9.53 Å². The summed E-state index contributed by atoms with van der Waals surface area (Å²) in [5.41, 5.74) is 3.38. The minimum Gasteiger partial charge on any atom is -0.478 e. The molecule has 2 N–H and O–H groups in total. The van der Waals surface area contributed by atoms with Gasteiger partial charge in [0.25, 0.3) is 0 Å². The van der Waals surface area contributed by atoms with Gasteiger partial charge in [0.15, 0.2) is 0 Å². The van der Waals surface area contributed by atoms with Crippen LogP contribution in [0.3, 0.4) is 0 Å². The molecule has 0 spiro atoms. The summed E-state index contributed by atoms with van der Waals surface area (Å²) in [6.07, 6.45) is 8.78. The zero-order valence-electron chi connectivity index (χ0n) is 13.2. The summed E-state index contributed by atoms with van der Waals surface area (Å²) in [6, 6.07) is 0.197. The number of allylic oxidation sites excluding steroid dienone is 2. The van der Waals surface area contributed by atoms with E-state index in [1.165, 1.54) is 25.0 Å². The Morgan fingerprint density at radius 1 is 1.38 bits per heavy atom. The van der Waals surface area contributed by atoms with E-state index in [0.29, 0.717) is 18.6 Å². The number of hydrogen-bond donors (Lipinski definition) is 2. The van der Waals surface area contributed by atoms with Gasteiger partial charge in [0.2, 0.25) is 0 Å². The molecule has 2 rings (SSSR count). The SMILES string of the molecule is CCCO[C@@H]1C=C(C(=O)O)CCC1NC(CC)=C1CCC1. The van der Waals surface area contributed by atoms with Crippen molar-refractivity contribution in [3.8, 4) is 0 Å². The third-order valence-electron chi connectivity index (χ3n) is 4.37. The highest BCUT2D eigenvalue weighted by Gasteiger charge is 2.28. The Labute approximate surface area is 127 Å². The predicted octanol–water partition coefficient (Wildman–Crippen LogP) is 3.39. The van der Waals surface area contributed by atoms with Gasteiger partial charge in [0.1, 0.15) is 0 Å². The molecule has 4 nitrogen and oxygen atoms in total. The van der Waals surface area contributed by atoms with Gasteiger partial charge in [-0.2, -0.15) is 0 Å². The van der Waals surface area contributed by atoms with E-state index in [4.69, 9.17) is 4.74 Å². The second-order valence-corrected chi connectivity index (χ2v) is 5.91. The lowest BCUT2D eigenvalue weighted by atomic mass is 9.88. The minimum absolute atomic E-state index is 0.132. The fourth-order valence-corrected chi connectivity index (χ4v) is 2.96. The van der Waals surface area contributed by atoms with E-state index in [2.05, 4.69) is 19.2 Å². The van der Waals surface area contributed by atoms with E-state index < -0.39 is 5.97 Å². The van der Waals surface area contributed by atoms with Crippen molar-refractivity contribution < 1.29 is 14.6 Å². The van der Waals surface area contributed by atoms with Crippen LogP contribution >= 0.6 is 0 Å². The Bertz CT molecular complexity index is 433. The molecule has 4 heteroatoms. The van der Waals surface area contributed by atoms with Crippen molar-refractivity contribution in [2.75, 3.05) is 6.61 Å². The van der Waals surface area contributed by atoms with Gasteiger partial charge in [-0.15, -0.1) is 0 Å². The van der Waals surface area contributed by atoms with Crippen LogP contribution in [0, 0.1) is 0 Å². The lowest BCUT2D eigenvalue weighted by Crippen LogP contribution is -2.43. The number of aliphatic carboxylic acids is 1. The van der Waals surface area contributed by atoms with Crippen LogP contribution < -0.4 is 5.32 Å². The summed E-state index contributed by atoms with van der Waals surface area (Å²) in [6.45, 7) is 4.92. The van der Waals surface area contributed by atoms with Gasteiger partial charge >= 0.3 is 5.97 Å². The summed E-state index contributed by atoms with van der Waals surface area (Å²) < 4.78 is 5.88. The fourth-order valence-electron chi connectivity index (χ4n) is 2.96. The molecule has 0 aromatic heterocycles. The van der Waals surface area contributed by atoms with Crippen LogP contribution in [0.15, 0.2) is 22.9 Å². The molecule has 0 aromatic rings. The monoisotopic (exact) mass is 293 g/mol. The first-order valence-electron chi connectivity index (χ1n) is 8.18. The number of carbonyl (C=O) groups is 1. The van der Waals surface area contributed by atoms with Crippen LogP contribution in [0.5, 0.6) is 0 Å². The smallest absolute Gasteiger partial charge is 0.331 e. The van der Waals surface area contributed by atoms with Crippen molar-refractivity contribution in [2.45, 2.75) is 70.9 Å². The summed E-state index contributed by atoms with van der Waals surface area (Å²) in [7, 11) is 0. The molecule has 118 valence electrons. The molecule has 0 bridgehead atoms. The molecule has 2 aliphatic rings. The zero-order chi connectivity index (χ0) is 15.2. The molecular formula is C17H27NO3. The Morgan fingerprint density at radius 3 is 2.67 bits per heavy atom. The molecule has 1 unspecified atom stereocenters. The molecule has 0 heterocycles. The van der Waals surface area contributed by atoms with Gasteiger partial charge in [-0.1, -0.05) is 19.4 Å². The van der Waals surface area contributed by atoms with Gasteiger partial charge in [-0.05, 0) is 51.0 Å². The number of carboxylic acids is 1. The van der Waals surface area contributed by atoms with Crippen molar-refractivity contribution in [1.82, 2.24) is 5.32 Å². The van der Waals surface area contributed by atoms with Gasteiger partial charge in [0, 0.05) is 17.9 Å². The lowest BCUT2D eigenvalue weighted by Gasteiger charge is -2.33. The van der Waals surface area contributed by atoms with Crippen LogP contribution in [0.1, 0.15) is 58.8 Å². The lowest BCUT2D eigenvalue weighted by molar-refractivity contribution is -0.133. The second kappa shape index (κ2) is 7.64. The van der Waals surface area contributed by atoms with E-state index >= 15 is 0 Å². The maximum Gasteiger partial charge on any atom is 0.331 e. The van der Waals surface area contributed by atoms with Crippen molar-refractivity contribution in [1.29, 1.82) is 0 Å². The first-order chi connectivity index (χ1) is 10.2. The highest BCUT2D eigenvalue weighted by Crippen LogP contribution is 2.30. The molecular weight excluding hydrogens is 266 g/mol. The zero-order valence-corrected chi connectivity index (χ0v) is 13.2. The fraction of sp³-hybridized carbons (Fsp3) is 0.706. The number of nitrogens with one attached hydrogen (secondary N) is 1. The maximum atomic E-state index is 11.2. The highest BCUT2D eigenvalue weighted by molar-refractivity contribution is 5.86. The van der Waals surface area contributed by atoms with Crippen molar-refractivity contribution in [3.05, 3.63) is 22.9 Å². The predicted molar refractivity (Wildman–Crippen MR) is 83.1 cm³/mol. The third-order valence-corrected chi connectivity index (χ3v) is 4.37. The summed E-state index contributed by atoms with van der Waals surface area (Å²) in [5.74, 6) is -0.813. The number of hydrogen-bond acceptors (Lipinski definition) is 3. The molecule has 21 heavy (non-hydrogen) atoms. The Morgan fingerprint density at radius 2 is 2.14 bits per heavy atom. The average Bonchev–Trinajstić information content (AvgIpc) is 2.43. The second-order valence-electron chi connectivity index (χ2n) is 5.91.